The summed E-state index contributed by atoms with van der Waals surface area (Å²) >= 11 is 11.9. The smallest absolute Gasteiger partial charge is 0.216 e. The molecule has 2 aromatic carbocycles. The lowest BCUT2D eigenvalue weighted by Gasteiger charge is -2.04. The molecule has 0 aliphatic rings. The summed E-state index contributed by atoms with van der Waals surface area (Å²) in [4.78, 5) is 0. The number of halogens is 2. The topological polar surface area (TPSA) is 66.2 Å². The van der Waals surface area contributed by atoms with Crippen LogP contribution < -0.4 is 0 Å². The highest BCUT2D eigenvalue weighted by molar-refractivity contribution is 9.11. The highest BCUT2D eigenvalue weighted by Crippen LogP contribution is 2.30. The number of hydrogen-bond acceptors (Lipinski definition) is 4. The zero-order chi connectivity index (χ0) is 16.4. The summed E-state index contributed by atoms with van der Waals surface area (Å²) in [5.41, 5.74) is 1.44. The van der Waals surface area contributed by atoms with Gasteiger partial charge in [0.2, 0.25) is 4.77 Å². The molecule has 8 heteroatoms. The second-order valence-corrected chi connectivity index (χ2v) is 6.76. The van der Waals surface area contributed by atoms with Crippen molar-refractivity contribution in [2.45, 2.75) is 0 Å². The lowest BCUT2D eigenvalue weighted by Crippen LogP contribution is -1.95. The Hall–Kier alpha value is -1.77. The average molecular weight is 454 g/mol. The van der Waals surface area contributed by atoms with Gasteiger partial charge in [-0.2, -0.15) is 14.9 Å². The maximum atomic E-state index is 10.1. The van der Waals surface area contributed by atoms with E-state index in [9.17, 15) is 5.11 Å². The standard InChI is InChI=1S/C15H10Br2N4OS/c16-11-6-10(13(22)12(17)7-11)8-18-21-14(19-20-15(21)23)9-4-2-1-3-5-9/h1-8,22H,(H,20,23)/b18-8-. The molecule has 3 aromatic rings. The number of rotatable bonds is 3. The van der Waals surface area contributed by atoms with Crippen molar-refractivity contribution in [3.05, 3.63) is 61.7 Å². The Morgan fingerprint density at radius 2 is 1.96 bits per heavy atom. The van der Waals surface area contributed by atoms with E-state index in [-0.39, 0.29) is 5.75 Å². The van der Waals surface area contributed by atoms with Gasteiger partial charge in [0.15, 0.2) is 5.82 Å². The molecule has 0 spiro atoms. The molecular formula is C15H10Br2N4OS. The van der Waals surface area contributed by atoms with Crippen LogP contribution >= 0.6 is 44.1 Å². The van der Waals surface area contributed by atoms with E-state index in [0.717, 1.165) is 10.0 Å². The summed E-state index contributed by atoms with van der Waals surface area (Å²) in [5, 5.41) is 21.4. The van der Waals surface area contributed by atoms with Crippen LogP contribution in [-0.4, -0.2) is 26.2 Å². The van der Waals surface area contributed by atoms with Crippen molar-refractivity contribution >= 4 is 50.3 Å². The highest BCUT2D eigenvalue weighted by atomic mass is 79.9. The van der Waals surface area contributed by atoms with Gasteiger partial charge in [-0.3, -0.25) is 0 Å². The summed E-state index contributed by atoms with van der Waals surface area (Å²) in [6.45, 7) is 0. The van der Waals surface area contributed by atoms with Crippen molar-refractivity contribution in [3.63, 3.8) is 0 Å². The summed E-state index contributed by atoms with van der Waals surface area (Å²) in [6, 6.07) is 13.1. The van der Waals surface area contributed by atoms with E-state index in [1.807, 2.05) is 30.3 Å². The molecule has 23 heavy (non-hydrogen) atoms. The third-order valence-corrected chi connectivity index (χ3v) is 4.38. The second kappa shape index (κ2) is 6.77. The number of phenols is 1. The first kappa shape index (κ1) is 16.1. The number of aromatic amines is 1. The molecule has 1 heterocycles. The van der Waals surface area contributed by atoms with Gasteiger partial charge in [-0.25, -0.2) is 5.10 Å². The zero-order valence-corrected chi connectivity index (χ0v) is 15.6. The number of hydrogen-bond donors (Lipinski definition) is 2. The lowest BCUT2D eigenvalue weighted by molar-refractivity contribution is 0.471. The molecule has 0 bridgehead atoms. The molecule has 0 atom stereocenters. The number of H-pyrrole nitrogens is 1. The normalized spacial score (nSPS) is 11.2. The van der Waals surface area contributed by atoms with Crippen LogP contribution in [0.2, 0.25) is 0 Å². The quantitative estimate of drug-likeness (QED) is 0.445. The molecule has 0 amide bonds. The van der Waals surface area contributed by atoms with Gasteiger partial charge in [0.1, 0.15) is 5.75 Å². The van der Waals surface area contributed by atoms with Gasteiger partial charge in [-0.15, -0.1) is 0 Å². The minimum Gasteiger partial charge on any atom is -0.506 e. The van der Waals surface area contributed by atoms with Crippen molar-refractivity contribution in [1.29, 1.82) is 0 Å². The second-order valence-electron chi connectivity index (χ2n) is 4.60. The minimum atomic E-state index is 0.105. The first-order valence-electron chi connectivity index (χ1n) is 6.51. The third-order valence-electron chi connectivity index (χ3n) is 3.05. The lowest BCUT2D eigenvalue weighted by atomic mass is 10.2. The van der Waals surface area contributed by atoms with Crippen molar-refractivity contribution in [2.75, 3.05) is 0 Å². The molecule has 0 saturated heterocycles. The molecular weight excluding hydrogens is 444 g/mol. The van der Waals surface area contributed by atoms with E-state index in [1.165, 1.54) is 10.9 Å². The molecule has 1 aromatic heterocycles. The highest BCUT2D eigenvalue weighted by Gasteiger charge is 2.09. The van der Waals surface area contributed by atoms with E-state index in [0.29, 0.717) is 20.6 Å². The number of nitrogens with one attached hydrogen (secondary N) is 1. The molecule has 2 N–H and O–H groups in total. The van der Waals surface area contributed by atoms with E-state index in [4.69, 9.17) is 12.2 Å². The first-order valence-corrected chi connectivity index (χ1v) is 8.51. The molecule has 0 unspecified atom stereocenters. The Morgan fingerprint density at radius 3 is 2.70 bits per heavy atom. The largest absolute Gasteiger partial charge is 0.506 e. The number of benzene rings is 2. The van der Waals surface area contributed by atoms with Crippen molar-refractivity contribution in [2.24, 2.45) is 5.10 Å². The van der Waals surface area contributed by atoms with Crippen molar-refractivity contribution < 1.29 is 5.11 Å². The predicted octanol–water partition coefficient (Wildman–Crippen LogP) is 4.72. The zero-order valence-electron chi connectivity index (χ0n) is 11.6. The van der Waals surface area contributed by atoms with Crippen LogP contribution in [0.5, 0.6) is 5.75 Å². The van der Waals surface area contributed by atoms with Crippen LogP contribution in [0, 0.1) is 4.77 Å². The van der Waals surface area contributed by atoms with Crippen LogP contribution in [0.1, 0.15) is 5.56 Å². The fourth-order valence-electron chi connectivity index (χ4n) is 1.98. The molecule has 3 rings (SSSR count). The molecule has 116 valence electrons. The summed E-state index contributed by atoms with van der Waals surface area (Å²) in [7, 11) is 0. The van der Waals surface area contributed by atoms with E-state index in [1.54, 1.807) is 12.1 Å². The SMILES string of the molecule is Oc1c(Br)cc(Br)cc1/C=N\n1c(-c2ccccc2)n[nH]c1=S. The van der Waals surface area contributed by atoms with Gasteiger partial charge in [0.25, 0.3) is 0 Å². The summed E-state index contributed by atoms with van der Waals surface area (Å²) in [5.74, 6) is 0.702. The van der Waals surface area contributed by atoms with Crippen LogP contribution in [0.3, 0.4) is 0 Å². The Morgan fingerprint density at radius 1 is 1.22 bits per heavy atom. The Bertz CT molecular complexity index is 934. The Balaban J connectivity index is 2.05. The monoisotopic (exact) mass is 452 g/mol. The van der Waals surface area contributed by atoms with Gasteiger partial charge in [0.05, 0.1) is 10.7 Å². The van der Waals surface area contributed by atoms with Crippen LogP contribution in [-0.2, 0) is 0 Å². The average Bonchev–Trinajstić information content (AvgIpc) is 2.91. The molecule has 0 aliphatic carbocycles. The van der Waals surface area contributed by atoms with Crippen LogP contribution in [0.15, 0.2) is 56.5 Å². The maximum Gasteiger partial charge on any atom is 0.216 e. The predicted molar refractivity (Wildman–Crippen MR) is 99.3 cm³/mol. The van der Waals surface area contributed by atoms with Crippen molar-refractivity contribution in [3.8, 4) is 17.1 Å². The Labute approximate surface area is 153 Å². The molecule has 0 saturated carbocycles. The first-order chi connectivity index (χ1) is 11.1. The fourth-order valence-corrected chi connectivity index (χ4v) is 3.41. The summed E-state index contributed by atoms with van der Waals surface area (Å²) in [6.07, 6.45) is 1.53. The maximum absolute atomic E-state index is 10.1. The molecule has 0 fully saturated rings. The van der Waals surface area contributed by atoms with Gasteiger partial charge in [-0.1, -0.05) is 46.3 Å². The number of phenolic OH excluding ortho intramolecular Hbond substituents is 1. The third kappa shape index (κ3) is 3.44. The summed E-state index contributed by atoms with van der Waals surface area (Å²) < 4.78 is 3.28. The molecule has 5 nitrogen and oxygen atoms in total. The van der Waals surface area contributed by atoms with Crippen molar-refractivity contribution in [1.82, 2.24) is 14.9 Å². The van der Waals surface area contributed by atoms with Gasteiger partial charge >= 0.3 is 0 Å². The van der Waals surface area contributed by atoms with Crippen LogP contribution in [0.25, 0.3) is 11.4 Å². The Kier molecular flexibility index (Phi) is 4.74. The number of aromatic nitrogens is 3. The fraction of sp³-hybridized carbons (Fsp3) is 0. The molecule has 0 aliphatic heterocycles. The van der Waals surface area contributed by atoms with Gasteiger partial charge < -0.3 is 5.11 Å². The van der Waals surface area contributed by atoms with Gasteiger partial charge in [0, 0.05) is 15.6 Å². The van der Waals surface area contributed by atoms with Gasteiger partial charge in [-0.05, 0) is 40.3 Å². The number of aromatic hydroxyl groups is 1. The van der Waals surface area contributed by atoms with E-state index >= 15 is 0 Å². The van der Waals surface area contributed by atoms with Crippen LogP contribution in [0.4, 0.5) is 0 Å². The minimum absolute atomic E-state index is 0.105. The van der Waals surface area contributed by atoms with E-state index < -0.39 is 0 Å². The van der Waals surface area contributed by atoms with E-state index in [2.05, 4.69) is 47.2 Å². The number of nitrogens with zero attached hydrogens (tertiary/aromatic N) is 3. The molecule has 0 radical (unpaired) electrons.